The van der Waals surface area contributed by atoms with Gasteiger partial charge in [0, 0.05) is 25.0 Å². The van der Waals surface area contributed by atoms with Crippen molar-refractivity contribution in [3.8, 4) is 0 Å². The van der Waals surface area contributed by atoms with E-state index in [0.29, 0.717) is 18.4 Å². The van der Waals surface area contributed by atoms with Gasteiger partial charge >= 0.3 is 5.97 Å². The smallest absolute Gasteiger partial charge is 0.311 e. The summed E-state index contributed by atoms with van der Waals surface area (Å²) < 4.78 is 38.7. The van der Waals surface area contributed by atoms with E-state index >= 15 is 0 Å². The summed E-state index contributed by atoms with van der Waals surface area (Å²) >= 11 is 0. The molecule has 3 saturated heterocycles. The molecule has 10 nitrogen and oxygen atoms in total. The first kappa shape index (κ1) is 39.1. The molecule has 0 radical (unpaired) electrons. The molecule has 46 heavy (non-hydrogen) atoms. The Kier molecular flexibility index (Phi) is 13.5. The Morgan fingerprint density at radius 1 is 1.11 bits per heavy atom. The fourth-order valence-corrected chi connectivity index (χ4v) is 8.18. The molecule has 266 valence electrons. The van der Waals surface area contributed by atoms with E-state index in [2.05, 4.69) is 31.4 Å². The number of likely N-dealkylation sites (N-methyl/N-ethyl adjacent to an activating group) is 1. The van der Waals surface area contributed by atoms with Gasteiger partial charge in [-0.2, -0.15) is 0 Å². The van der Waals surface area contributed by atoms with E-state index < -0.39 is 65.8 Å². The van der Waals surface area contributed by atoms with Crippen LogP contribution in [0.2, 0.25) is 0 Å². The summed E-state index contributed by atoms with van der Waals surface area (Å²) in [6.45, 7) is 21.9. The van der Waals surface area contributed by atoms with Crippen LogP contribution in [-0.4, -0.2) is 116 Å². The largest absolute Gasteiger partial charge is 0.459 e. The lowest BCUT2D eigenvalue weighted by molar-refractivity contribution is -0.306. The maximum atomic E-state index is 13.7. The fraction of sp³-hybridized carbons (Fsp3) is 0.861. The SMILES string of the molecule is C=C1CO[C@@H]2[C@@H](C)/C(=C/C)[C@H](C)C[C@@](C)(OC1)[C@H](O[C@@H]1O[C@H](C)C[C@H](N(C)C)[C@H]1OC)[C@@H](C)[C@H](O)C(C)C(=O)O[C@H](CC)[C@@]2(C)O. The molecule has 3 aliphatic heterocycles. The first-order valence-corrected chi connectivity index (χ1v) is 17.1. The van der Waals surface area contributed by atoms with Gasteiger partial charge in [-0.1, -0.05) is 45.9 Å². The highest BCUT2D eigenvalue weighted by Crippen LogP contribution is 2.43. The highest BCUT2D eigenvalue weighted by Gasteiger charge is 2.52. The number of allylic oxidation sites excluding steroid dienone is 1. The summed E-state index contributed by atoms with van der Waals surface area (Å²) in [5.41, 5.74) is -0.735. The Hall–Kier alpha value is -1.37. The number of cyclic esters (lactones) is 1. The monoisotopic (exact) mass is 653 g/mol. The lowest BCUT2D eigenvalue weighted by Gasteiger charge is -2.49. The van der Waals surface area contributed by atoms with Crippen LogP contribution < -0.4 is 0 Å². The highest BCUT2D eigenvalue weighted by atomic mass is 16.7. The van der Waals surface area contributed by atoms with Gasteiger partial charge in [-0.15, -0.1) is 0 Å². The summed E-state index contributed by atoms with van der Waals surface area (Å²) in [4.78, 5) is 15.8. The molecule has 2 N–H and O–H groups in total. The van der Waals surface area contributed by atoms with E-state index in [4.69, 9.17) is 28.4 Å². The van der Waals surface area contributed by atoms with Crippen LogP contribution in [-0.2, 0) is 33.2 Å². The second kappa shape index (κ2) is 15.9. The number of methoxy groups -OCH3 is 1. The summed E-state index contributed by atoms with van der Waals surface area (Å²) in [7, 11) is 5.70. The fourth-order valence-electron chi connectivity index (χ4n) is 8.18. The number of hydrogen-bond donors (Lipinski definition) is 2. The maximum Gasteiger partial charge on any atom is 0.311 e. The molecule has 3 rings (SSSR count). The minimum absolute atomic E-state index is 0.0318. The minimum atomic E-state index is -1.53. The van der Waals surface area contributed by atoms with Gasteiger partial charge in [-0.3, -0.25) is 4.79 Å². The Morgan fingerprint density at radius 2 is 1.76 bits per heavy atom. The van der Waals surface area contributed by atoms with Crippen molar-refractivity contribution in [3.05, 3.63) is 23.8 Å². The number of esters is 1. The van der Waals surface area contributed by atoms with Gasteiger partial charge in [-0.05, 0) is 79.5 Å². The topological polar surface area (TPSA) is 116 Å². The van der Waals surface area contributed by atoms with Crippen LogP contribution in [0.4, 0.5) is 0 Å². The third kappa shape index (κ3) is 8.25. The first-order chi connectivity index (χ1) is 21.4. The molecule has 3 heterocycles. The first-order valence-electron chi connectivity index (χ1n) is 17.1. The molecular weight excluding hydrogens is 590 g/mol. The number of ether oxygens (including phenoxy) is 6. The van der Waals surface area contributed by atoms with E-state index in [9.17, 15) is 15.0 Å². The van der Waals surface area contributed by atoms with Crippen LogP contribution in [0.25, 0.3) is 0 Å². The van der Waals surface area contributed by atoms with Gasteiger partial charge in [-0.25, -0.2) is 0 Å². The van der Waals surface area contributed by atoms with Gasteiger partial charge < -0.3 is 43.5 Å². The van der Waals surface area contributed by atoms with E-state index in [1.807, 2.05) is 48.7 Å². The number of fused-ring (bicyclic) bond motifs is 5. The number of carbonyl (C=O) groups excluding carboxylic acids is 1. The van der Waals surface area contributed by atoms with Gasteiger partial charge in [0.2, 0.25) is 0 Å². The van der Waals surface area contributed by atoms with Crippen molar-refractivity contribution >= 4 is 5.97 Å². The van der Waals surface area contributed by atoms with Crippen molar-refractivity contribution in [2.24, 2.45) is 23.7 Å². The zero-order chi connectivity index (χ0) is 34.7. The number of aliphatic hydroxyl groups is 2. The highest BCUT2D eigenvalue weighted by molar-refractivity contribution is 5.73. The van der Waals surface area contributed by atoms with Crippen LogP contribution in [0, 0.1) is 23.7 Å². The van der Waals surface area contributed by atoms with E-state index in [-0.39, 0.29) is 37.2 Å². The molecule has 10 heteroatoms. The molecule has 0 amide bonds. The van der Waals surface area contributed by atoms with Crippen LogP contribution in [0.5, 0.6) is 0 Å². The molecule has 3 aliphatic rings. The average Bonchev–Trinajstić information content (AvgIpc) is 3.00. The lowest BCUT2D eigenvalue weighted by Crippen LogP contribution is -2.60. The summed E-state index contributed by atoms with van der Waals surface area (Å²) in [6.07, 6.45) is -0.999. The van der Waals surface area contributed by atoms with Gasteiger partial charge in [0.15, 0.2) is 6.29 Å². The molecule has 2 bridgehead atoms. The number of aliphatic hydroxyl groups excluding tert-OH is 1. The van der Waals surface area contributed by atoms with Gasteiger partial charge in [0.25, 0.3) is 0 Å². The predicted octanol–water partition coefficient (Wildman–Crippen LogP) is 4.51. The second-order valence-corrected chi connectivity index (χ2v) is 14.8. The molecule has 3 fully saturated rings. The molecule has 0 aromatic heterocycles. The third-order valence-corrected chi connectivity index (χ3v) is 10.8. The van der Waals surface area contributed by atoms with Crippen LogP contribution >= 0.6 is 0 Å². The summed E-state index contributed by atoms with van der Waals surface area (Å²) in [5, 5.41) is 24.0. The van der Waals surface area contributed by atoms with E-state index in [0.717, 1.165) is 12.0 Å². The molecule has 0 aromatic rings. The summed E-state index contributed by atoms with van der Waals surface area (Å²) in [5.74, 6) is -2.39. The zero-order valence-electron chi connectivity index (χ0n) is 30.4. The molecular formula is C36H63NO9. The Morgan fingerprint density at radius 3 is 2.33 bits per heavy atom. The third-order valence-electron chi connectivity index (χ3n) is 10.8. The molecule has 1 unspecified atom stereocenters. The number of rotatable bonds is 5. The molecule has 0 spiro atoms. The van der Waals surface area contributed by atoms with E-state index in [1.165, 1.54) is 0 Å². The number of hydrogen-bond acceptors (Lipinski definition) is 10. The van der Waals surface area contributed by atoms with Crippen molar-refractivity contribution in [2.45, 2.75) is 142 Å². The van der Waals surface area contributed by atoms with Gasteiger partial charge in [0.05, 0.1) is 49.1 Å². The quantitative estimate of drug-likeness (QED) is 0.324. The lowest BCUT2D eigenvalue weighted by atomic mass is 9.72. The van der Waals surface area contributed by atoms with Crippen molar-refractivity contribution in [1.82, 2.24) is 4.90 Å². The van der Waals surface area contributed by atoms with Crippen LogP contribution in [0.15, 0.2) is 23.8 Å². The van der Waals surface area contributed by atoms with E-state index in [1.54, 1.807) is 21.0 Å². The number of carbonyl (C=O) groups is 1. The van der Waals surface area contributed by atoms with Crippen molar-refractivity contribution in [3.63, 3.8) is 0 Å². The van der Waals surface area contributed by atoms with Crippen molar-refractivity contribution < 1.29 is 43.4 Å². The molecule has 14 atom stereocenters. The van der Waals surface area contributed by atoms with Crippen molar-refractivity contribution in [2.75, 3.05) is 34.4 Å². The minimum Gasteiger partial charge on any atom is -0.459 e. The normalized spacial score (nSPS) is 46.4. The molecule has 0 aliphatic carbocycles. The zero-order valence-corrected chi connectivity index (χ0v) is 30.4. The summed E-state index contributed by atoms with van der Waals surface area (Å²) in [6, 6.07) is 0.0368. The number of nitrogens with zero attached hydrogens (tertiary/aromatic N) is 1. The molecule has 0 saturated carbocycles. The maximum absolute atomic E-state index is 13.7. The van der Waals surface area contributed by atoms with Gasteiger partial charge in [0.1, 0.15) is 17.8 Å². The Balaban J connectivity index is 2.24. The predicted molar refractivity (Wildman–Crippen MR) is 177 cm³/mol. The molecule has 0 aromatic carbocycles. The van der Waals surface area contributed by atoms with Crippen LogP contribution in [0.1, 0.15) is 81.6 Å². The average molecular weight is 654 g/mol. The Labute approximate surface area is 277 Å². The van der Waals surface area contributed by atoms with Crippen molar-refractivity contribution in [1.29, 1.82) is 0 Å². The standard InChI is InChI=1S/C36H63NO9/c1-14-26-21(4)17-35(9)31(46-34-30(41-13)27(37(11)12)16-22(5)44-34)24(7)29(38)25(8)33(39)45-28(15-2)36(10,40)32(23(26)6)42-18-20(3)19-43-35/h14,21-25,27-32,34,38,40H,3,15-19H2,1-2,4-13H3/b26-14+/t21-,22-,23+,24+,25?,27+,28-,29+,30-,31-,32-,34+,35-,36-/m1/s1. The Bertz CT molecular complexity index is 1060. The second-order valence-electron chi connectivity index (χ2n) is 14.8. The van der Waals surface area contributed by atoms with Crippen LogP contribution in [0.3, 0.4) is 0 Å².